The van der Waals surface area contributed by atoms with E-state index in [4.69, 9.17) is 32.7 Å². The van der Waals surface area contributed by atoms with Crippen LogP contribution in [-0.2, 0) is 14.4 Å². The fourth-order valence-electron chi connectivity index (χ4n) is 2.83. The first-order valence-electron chi connectivity index (χ1n) is 11.2. The van der Waals surface area contributed by atoms with Gasteiger partial charge in [-0.05, 0) is 78.7 Å². The highest BCUT2D eigenvalue weighted by molar-refractivity contribution is 6.42. The zero-order chi connectivity index (χ0) is 26.6. The average Bonchev–Trinajstić information content (AvgIpc) is 2.90. The van der Waals surface area contributed by atoms with Gasteiger partial charge in [-0.2, -0.15) is 5.10 Å². The zero-order valence-electron chi connectivity index (χ0n) is 19.8. The predicted molar refractivity (Wildman–Crippen MR) is 144 cm³/mol. The number of hydrogen-bond acceptors (Lipinski definition) is 6. The van der Waals surface area contributed by atoms with E-state index in [2.05, 4.69) is 21.2 Å². The lowest BCUT2D eigenvalue weighted by Crippen LogP contribution is -2.32. The lowest BCUT2D eigenvalue weighted by atomic mass is 10.2. The number of nitrogens with zero attached hydrogens (tertiary/aromatic N) is 1. The van der Waals surface area contributed by atoms with Crippen LogP contribution in [-0.4, -0.2) is 37.1 Å². The maximum Gasteiger partial charge on any atom is 0.329 e. The van der Waals surface area contributed by atoms with Crippen molar-refractivity contribution in [1.29, 1.82) is 0 Å². The summed E-state index contributed by atoms with van der Waals surface area (Å²) in [5.41, 5.74) is 3.76. The van der Waals surface area contributed by atoms with E-state index in [0.717, 1.165) is 6.42 Å². The number of carbonyl (C=O) groups is 3. The Morgan fingerprint density at radius 3 is 2.14 bits per heavy atom. The molecule has 3 aromatic carbocycles. The molecule has 11 heteroatoms. The van der Waals surface area contributed by atoms with Gasteiger partial charge in [-0.1, -0.05) is 30.1 Å². The van der Waals surface area contributed by atoms with Gasteiger partial charge in [-0.25, -0.2) is 5.43 Å². The molecule has 0 saturated carbocycles. The molecular weight excluding hydrogens is 519 g/mol. The molecule has 0 aromatic heterocycles. The topological polar surface area (TPSA) is 118 Å². The van der Waals surface area contributed by atoms with E-state index >= 15 is 0 Å². The van der Waals surface area contributed by atoms with Gasteiger partial charge >= 0.3 is 11.8 Å². The molecule has 0 atom stereocenters. The third-order valence-electron chi connectivity index (χ3n) is 4.62. The Morgan fingerprint density at radius 1 is 0.811 bits per heavy atom. The summed E-state index contributed by atoms with van der Waals surface area (Å²) in [6.45, 7) is 2.39. The number of benzene rings is 3. The van der Waals surface area contributed by atoms with E-state index in [1.165, 1.54) is 6.21 Å². The van der Waals surface area contributed by atoms with Crippen molar-refractivity contribution in [3.05, 3.63) is 82.3 Å². The molecule has 3 N–H and O–H groups in total. The molecule has 0 saturated heterocycles. The molecular formula is C26H24Cl2N4O5. The van der Waals surface area contributed by atoms with Crippen LogP contribution in [0, 0.1) is 0 Å². The molecule has 0 heterocycles. The first-order chi connectivity index (χ1) is 17.8. The van der Waals surface area contributed by atoms with Crippen LogP contribution in [0.1, 0.15) is 18.9 Å². The van der Waals surface area contributed by atoms with E-state index in [9.17, 15) is 14.4 Å². The van der Waals surface area contributed by atoms with Crippen LogP contribution in [0.25, 0.3) is 0 Å². The number of anilines is 2. The van der Waals surface area contributed by atoms with Crippen molar-refractivity contribution in [2.24, 2.45) is 5.10 Å². The van der Waals surface area contributed by atoms with Crippen molar-refractivity contribution >= 4 is 58.5 Å². The van der Waals surface area contributed by atoms with Gasteiger partial charge in [0.2, 0.25) is 0 Å². The largest absolute Gasteiger partial charge is 0.494 e. The van der Waals surface area contributed by atoms with Gasteiger partial charge in [0, 0.05) is 11.4 Å². The van der Waals surface area contributed by atoms with Crippen molar-refractivity contribution in [1.82, 2.24) is 5.43 Å². The molecule has 0 aliphatic carbocycles. The fraction of sp³-hybridized carbons (Fsp3) is 0.154. The van der Waals surface area contributed by atoms with Crippen molar-refractivity contribution in [3.63, 3.8) is 0 Å². The SMILES string of the molecule is CCCOc1ccc(NC(=O)C(=O)N/N=C\c2ccc(OCC(=O)Nc3ccc(Cl)c(Cl)c3)cc2)cc1. The van der Waals surface area contributed by atoms with Gasteiger partial charge in [-0.3, -0.25) is 14.4 Å². The Bertz CT molecular complexity index is 1260. The maximum absolute atomic E-state index is 12.1. The Morgan fingerprint density at radius 2 is 1.46 bits per heavy atom. The zero-order valence-corrected chi connectivity index (χ0v) is 21.3. The molecule has 37 heavy (non-hydrogen) atoms. The third-order valence-corrected chi connectivity index (χ3v) is 5.36. The third kappa shape index (κ3) is 9.14. The van der Waals surface area contributed by atoms with Crippen LogP contribution < -0.4 is 25.5 Å². The lowest BCUT2D eigenvalue weighted by Gasteiger charge is -2.08. The van der Waals surface area contributed by atoms with E-state index in [-0.39, 0.29) is 12.5 Å². The minimum absolute atomic E-state index is 0.215. The van der Waals surface area contributed by atoms with E-state index in [1.807, 2.05) is 6.92 Å². The number of halogens is 2. The summed E-state index contributed by atoms with van der Waals surface area (Å²) in [6.07, 6.45) is 2.25. The summed E-state index contributed by atoms with van der Waals surface area (Å²) >= 11 is 11.8. The molecule has 0 radical (unpaired) electrons. The first kappa shape index (κ1) is 27.5. The van der Waals surface area contributed by atoms with Crippen molar-refractivity contribution in [2.45, 2.75) is 13.3 Å². The Hall–Kier alpha value is -4.08. The molecule has 192 valence electrons. The van der Waals surface area contributed by atoms with Gasteiger partial charge in [0.05, 0.1) is 22.9 Å². The molecule has 0 aliphatic heterocycles. The van der Waals surface area contributed by atoms with Crippen LogP contribution in [0.4, 0.5) is 11.4 Å². The van der Waals surface area contributed by atoms with Crippen molar-refractivity contribution < 1.29 is 23.9 Å². The van der Waals surface area contributed by atoms with Gasteiger partial charge < -0.3 is 20.1 Å². The standard InChI is InChI=1S/C26H24Cl2N4O5/c1-2-13-36-20-10-5-18(6-11-20)31-25(34)26(35)32-29-15-17-3-8-21(9-4-17)37-16-24(33)30-19-7-12-22(27)23(28)14-19/h3-12,14-15H,2,13,16H2,1H3,(H,30,33)(H,31,34)(H,32,35)/b29-15-. The van der Waals surface area contributed by atoms with E-state index in [0.29, 0.717) is 45.1 Å². The van der Waals surface area contributed by atoms with Gasteiger partial charge in [0.15, 0.2) is 6.61 Å². The molecule has 0 bridgehead atoms. The highest BCUT2D eigenvalue weighted by atomic mass is 35.5. The monoisotopic (exact) mass is 542 g/mol. The fourth-order valence-corrected chi connectivity index (χ4v) is 3.13. The molecule has 9 nitrogen and oxygen atoms in total. The molecule has 0 fully saturated rings. The Balaban J connectivity index is 1.41. The second-order valence-electron chi connectivity index (χ2n) is 7.56. The number of amides is 3. The number of nitrogens with one attached hydrogen (secondary N) is 3. The highest BCUT2D eigenvalue weighted by Crippen LogP contribution is 2.25. The van der Waals surface area contributed by atoms with E-state index < -0.39 is 11.8 Å². The van der Waals surface area contributed by atoms with Crippen LogP contribution in [0.2, 0.25) is 10.0 Å². The molecule has 0 unspecified atom stereocenters. The summed E-state index contributed by atoms with van der Waals surface area (Å²) < 4.78 is 10.9. The minimum atomic E-state index is -0.921. The number of ether oxygens (including phenoxy) is 2. The van der Waals surface area contributed by atoms with Gasteiger partial charge in [0.25, 0.3) is 5.91 Å². The summed E-state index contributed by atoms with van der Waals surface area (Å²) in [4.78, 5) is 36.1. The second-order valence-corrected chi connectivity index (χ2v) is 8.38. The smallest absolute Gasteiger partial charge is 0.329 e. The number of carbonyl (C=O) groups excluding carboxylic acids is 3. The lowest BCUT2D eigenvalue weighted by molar-refractivity contribution is -0.136. The first-order valence-corrected chi connectivity index (χ1v) is 11.9. The maximum atomic E-state index is 12.1. The number of hydrogen-bond donors (Lipinski definition) is 3. The van der Waals surface area contributed by atoms with Crippen LogP contribution >= 0.6 is 23.2 Å². The number of hydrazone groups is 1. The molecule has 3 amide bonds. The summed E-state index contributed by atoms with van der Waals surface area (Å²) in [5, 5.41) is 9.65. The average molecular weight is 543 g/mol. The minimum Gasteiger partial charge on any atom is -0.494 e. The number of rotatable bonds is 10. The van der Waals surface area contributed by atoms with Gasteiger partial charge in [-0.15, -0.1) is 0 Å². The van der Waals surface area contributed by atoms with Crippen molar-refractivity contribution in [3.8, 4) is 11.5 Å². The van der Waals surface area contributed by atoms with Crippen LogP contribution in [0.15, 0.2) is 71.8 Å². The van der Waals surface area contributed by atoms with Crippen LogP contribution in [0.3, 0.4) is 0 Å². The summed E-state index contributed by atoms with van der Waals surface area (Å²) in [6, 6.07) is 18.1. The quantitative estimate of drug-likeness (QED) is 0.191. The highest BCUT2D eigenvalue weighted by Gasteiger charge is 2.13. The Labute approximate surface area is 223 Å². The molecule has 0 aliphatic rings. The Kier molecular flexibility index (Phi) is 10.3. The van der Waals surface area contributed by atoms with Crippen LogP contribution in [0.5, 0.6) is 11.5 Å². The summed E-state index contributed by atoms with van der Waals surface area (Å²) in [5.74, 6) is -1.02. The molecule has 0 spiro atoms. The molecule has 3 aromatic rings. The molecule has 3 rings (SSSR count). The normalized spacial score (nSPS) is 10.6. The summed E-state index contributed by atoms with van der Waals surface area (Å²) in [7, 11) is 0. The van der Waals surface area contributed by atoms with E-state index in [1.54, 1.807) is 66.7 Å². The second kappa shape index (κ2) is 13.9. The van der Waals surface area contributed by atoms with Crippen molar-refractivity contribution in [2.75, 3.05) is 23.8 Å². The predicted octanol–water partition coefficient (Wildman–Crippen LogP) is 4.89. The van der Waals surface area contributed by atoms with Gasteiger partial charge in [0.1, 0.15) is 11.5 Å².